The molecule has 1 atom stereocenters. The summed E-state index contributed by atoms with van der Waals surface area (Å²) in [6, 6.07) is 12.8. The van der Waals surface area contributed by atoms with Crippen LogP contribution in [0.15, 0.2) is 42.5 Å². The Balaban J connectivity index is 1.75. The summed E-state index contributed by atoms with van der Waals surface area (Å²) in [7, 11) is -1.57. The number of carbonyl (C=O) groups excluding carboxylic acids is 1. The Hall–Kier alpha value is -2.54. The van der Waals surface area contributed by atoms with Gasteiger partial charge in [-0.1, -0.05) is 12.1 Å². The number of rotatable bonds is 6. The van der Waals surface area contributed by atoms with Crippen LogP contribution in [-0.2, 0) is 23.0 Å². The summed E-state index contributed by atoms with van der Waals surface area (Å²) >= 11 is 0. The van der Waals surface area contributed by atoms with Gasteiger partial charge < -0.3 is 9.64 Å². The number of hydrogen-bond acceptors (Lipinski definition) is 4. The van der Waals surface area contributed by atoms with Gasteiger partial charge in [0, 0.05) is 25.2 Å². The van der Waals surface area contributed by atoms with Crippen molar-refractivity contribution in [3.05, 3.63) is 59.2 Å². The smallest absolute Gasteiger partial charge is 0.253 e. The van der Waals surface area contributed by atoms with Crippen molar-refractivity contribution >= 4 is 21.6 Å². The molecule has 150 valence electrons. The summed E-state index contributed by atoms with van der Waals surface area (Å²) in [5.74, 6) is 0.713. The van der Waals surface area contributed by atoms with Crippen molar-refractivity contribution in [3.8, 4) is 5.75 Å². The lowest BCUT2D eigenvalue weighted by Gasteiger charge is -2.22. The Morgan fingerprint density at radius 3 is 2.50 bits per heavy atom. The molecule has 1 aliphatic rings. The lowest BCUT2D eigenvalue weighted by Crippen LogP contribution is -2.34. The fraction of sp³-hybridized carbons (Fsp3) is 0.381. The molecule has 7 heteroatoms. The zero-order valence-corrected chi connectivity index (χ0v) is 17.5. The Kier molecular flexibility index (Phi) is 5.65. The lowest BCUT2D eigenvalue weighted by atomic mass is 10.1. The summed E-state index contributed by atoms with van der Waals surface area (Å²) in [5, 5.41) is 0. The average Bonchev–Trinajstić information content (AvgIpc) is 2.97. The van der Waals surface area contributed by atoms with Gasteiger partial charge in [0.15, 0.2) is 0 Å². The molecule has 0 unspecified atom stereocenters. The first-order valence-corrected chi connectivity index (χ1v) is 11.1. The number of anilines is 1. The first-order valence-electron chi connectivity index (χ1n) is 9.30. The van der Waals surface area contributed by atoms with Crippen LogP contribution >= 0.6 is 0 Å². The highest BCUT2D eigenvalue weighted by atomic mass is 32.2. The molecule has 0 saturated carbocycles. The molecule has 6 nitrogen and oxygen atoms in total. The number of nitrogens with zero attached hydrogens (tertiary/aromatic N) is 2. The molecule has 0 spiro atoms. The number of benzene rings is 2. The van der Waals surface area contributed by atoms with Crippen molar-refractivity contribution in [3.63, 3.8) is 0 Å². The highest BCUT2D eigenvalue weighted by Gasteiger charge is 2.33. The van der Waals surface area contributed by atoms with E-state index in [4.69, 9.17) is 4.74 Å². The van der Waals surface area contributed by atoms with Gasteiger partial charge in [-0.25, -0.2) is 8.42 Å². The zero-order chi connectivity index (χ0) is 20.5. The summed E-state index contributed by atoms with van der Waals surface area (Å²) in [6.45, 7) is 4.91. The van der Waals surface area contributed by atoms with E-state index >= 15 is 0 Å². The molecule has 1 aliphatic heterocycles. The van der Waals surface area contributed by atoms with E-state index in [9.17, 15) is 13.2 Å². The Morgan fingerprint density at radius 2 is 1.89 bits per heavy atom. The van der Waals surface area contributed by atoms with E-state index in [1.54, 1.807) is 24.1 Å². The minimum atomic E-state index is -3.34. The number of sulfonamides is 1. The molecule has 0 radical (unpaired) electrons. The molecule has 3 rings (SSSR count). The van der Waals surface area contributed by atoms with Crippen LogP contribution in [-0.4, -0.2) is 45.2 Å². The number of carbonyl (C=O) groups is 1. The van der Waals surface area contributed by atoms with Crippen molar-refractivity contribution in [2.45, 2.75) is 32.9 Å². The normalized spacial score (nSPS) is 16.0. The minimum Gasteiger partial charge on any atom is -0.494 e. The molecule has 0 fully saturated rings. The van der Waals surface area contributed by atoms with Crippen molar-refractivity contribution in [1.82, 2.24) is 4.90 Å². The van der Waals surface area contributed by atoms with Gasteiger partial charge in [-0.15, -0.1) is 0 Å². The van der Waals surface area contributed by atoms with Crippen LogP contribution in [0.1, 0.15) is 35.3 Å². The molecule has 28 heavy (non-hydrogen) atoms. The molecule has 0 bridgehead atoms. The molecule has 0 aromatic heterocycles. The van der Waals surface area contributed by atoms with E-state index in [2.05, 4.69) is 0 Å². The molecular weight excluding hydrogens is 376 g/mol. The van der Waals surface area contributed by atoms with Crippen LogP contribution in [0.25, 0.3) is 0 Å². The first kappa shape index (κ1) is 20.2. The monoisotopic (exact) mass is 402 g/mol. The lowest BCUT2D eigenvalue weighted by molar-refractivity contribution is 0.0785. The highest BCUT2D eigenvalue weighted by Crippen LogP contribution is 2.34. The Labute approximate surface area is 166 Å². The van der Waals surface area contributed by atoms with Gasteiger partial charge in [-0.3, -0.25) is 9.10 Å². The second-order valence-electron chi connectivity index (χ2n) is 7.19. The SMILES string of the molecule is CCOc1ccc(CN(C)C(=O)c2ccc3c(c2)C[C@@H](C)N3S(C)(=O)=O)cc1. The van der Waals surface area contributed by atoms with E-state index in [1.165, 1.54) is 10.6 Å². The second kappa shape index (κ2) is 7.83. The molecule has 0 N–H and O–H groups in total. The van der Waals surface area contributed by atoms with Crippen molar-refractivity contribution in [2.75, 3.05) is 24.2 Å². The third-order valence-electron chi connectivity index (χ3n) is 4.84. The van der Waals surface area contributed by atoms with Crippen molar-refractivity contribution in [1.29, 1.82) is 0 Å². The van der Waals surface area contributed by atoms with Gasteiger partial charge in [0.25, 0.3) is 5.91 Å². The highest BCUT2D eigenvalue weighted by molar-refractivity contribution is 7.92. The number of ether oxygens (including phenoxy) is 1. The van der Waals surface area contributed by atoms with E-state index in [0.717, 1.165) is 16.9 Å². The van der Waals surface area contributed by atoms with E-state index in [1.807, 2.05) is 44.2 Å². The average molecular weight is 403 g/mol. The minimum absolute atomic E-state index is 0.0952. The van der Waals surface area contributed by atoms with Gasteiger partial charge in [0.1, 0.15) is 5.75 Å². The van der Waals surface area contributed by atoms with Crippen molar-refractivity contribution < 1.29 is 17.9 Å². The first-order chi connectivity index (χ1) is 13.2. The van der Waals surface area contributed by atoms with E-state index in [0.29, 0.717) is 30.8 Å². The molecule has 1 heterocycles. The topological polar surface area (TPSA) is 66.9 Å². The summed E-state index contributed by atoms with van der Waals surface area (Å²) < 4.78 is 31.0. The van der Waals surface area contributed by atoms with Crippen LogP contribution < -0.4 is 9.04 Å². The van der Waals surface area contributed by atoms with Crippen LogP contribution in [0.3, 0.4) is 0 Å². The molecule has 2 aromatic carbocycles. The number of fused-ring (bicyclic) bond motifs is 1. The zero-order valence-electron chi connectivity index (χ0n) is 16.7. The molecular formula is C21H26N2O4S. The maximum atomic E-state index is 12.8. The summed E-state index contributed by atoms with van der Waals surface area (Å²) in [6.07, 6.45) is 1.81. The predicted octanol–water partition coefficient (Wildman–Crippen LogP) is 3.07. The van der Waals surface area contributed by atoms with Gasteiger partial charge in [-0.05, 0) is 61.7 Å². The van der Waals surface area contributed by atoms with Crippen LogP contribution in [0.2, 0.25) is 0 Å². The second-order valence-corrected chi connectivity index (χ2v) is 9.05. The van der Waals surface area contributed by atoms with E-state index < -0.39 is 10.0 Å². The Morgan fingerprint density at radius 1 is 1.21 bits per heavy atom. The van der Waals surface area contributed by atoms with Gasteiger partial charge >= 0.3 is 0 Å². The third-order valence-corrected chi connectivity index (χ3v) is 6.11. The third kappa shape index (κ3) is 4.14. The molecule has 1 amide bonds. The number of amides is 1. The van der Waals surface area contributed by atoms with Crippen LogP contribution in [0.4, 0.5) is 5.69 Å². The molecule has 2 aromatic rings. The fourth-order valence-corrected chi connectivity index (χ4v) is 4.93. The van der Waals surface area contributed by atoms with Gasteiger partial charge in [0.2, 0.25) is 10.0 Å². The van der Waals surface area contributed by atoms with Gasteiger partial charge in [0.05, 0.1) is 18.6 Å². The molecule has 0 saturated heterocycles. The standard InChI is InChI=1S/C21H26N2O4S/c1-5-27-19-9-6-16(7-10-19)14-22(3)21(24)17-8-11-20-18(13-17)12-15(2)23(20)28(4,25)26/h6-11,13,15H,5,12,14H2,1-4H3/t15-/m1/s1. The maximum absolute atomic E-state index is 12.8. The maximum Gasteiger partial charge on any atom is 0.253 e. The quantitative estimate of drug-likeness (QED) is 0.745. The predicted molar refractivity (Wildman–Crippen MR) is 110 cm³/mol. The number of hydrogen-bond donors (Lipinski definition) is 0. The summed E-state index contributed by atoms with van der Waals surface area (Å²) in [5.41, 5.74) is 3.13. The largest absolute Gasteiger partial charge is 0.494 e. The van der Waals surface area contributed by atoms with Crippen LogP contribution in [0.5, 0.6) is 5.75 Å². The Bertz CT molecular complexity index is 970. The van der Waals surface area contributed by atoms with E-state index in [-0.39, 0.29) is 11.9 Å². The van der Waals surface area contributed by atoms with Gasteiger partial charge in [-0.2, -0.15) is 0 Å². The summed E-state index contributed by atoms with van der Waals surface area (Å²) in [4.78, 5) is 14.5. The fourth-order valence-electron chi connectivity index (χ4n) is 3.66. The van der Waals surface area contributed by atoms with Crippen LogP contribution in [0, 0.1) is 0 Å². The molecule has 0 aliphatic carbocycles. The van der Waals surface area contributed by atoms with Crippen molar-refractivity contribution in [2.24, 2.45) is 0 Å².